The average Bonchev–Trinajstić information content (AvgIpc) is 3.18. The molecule has 0 bridgehead atoms. The summed E-state index contributed by atoms with van der Waals surface area (Å²) in [5, 5.41) is 15.1. The number of nitrogens with one attached hydrogen (secondary N) is 1. The van der Waals surface area contributed by atoms with E-state index in [0.29, 0.717) is 12.4 Å². The highest BCUT2D eigenvalue weighted by molar-refractivity contribution is 5.76. The fourth-order valence-corrected chi connectivity index (χ4v) is 2.89. The first kappa shape index (κ1) is 15.3. The van der Waals surface area contributed by atoms with Crippen molar-refractivity contribution in [2.75, 3.05) is 7.11 Å². The number of aryl methyl sites for hydroxylation is 1. The maximum atomic E-state index is 10.7. The van der Waals surface area contributed by atoms with Gasteiger partial charge >= 0.3 is 0 Å². The number of rotatable bonds is 4. The number of aromatic nitrogens is 4. The Morgan fingerprint density at radius 2 is 1.88 bits per heavy atom. The highest BCUT2D eigenvalue weighted by Crippen LogP contribution is 2.27. The number of H-pyrrole nitrogens is 1. The molecule has 126 valence electrons. The summed E-state index contributed by atoms with van der Waals surface area (Å²) in [4.78, 5) is 7.68. The summed E-state index contributed by atoms with van der Waals surface area (Å²) in [5.41, 5.74) is 4.37. The van der Waals surface area contributed by atoms with E-state index in [2.05, 4.69) is 15.1 Å². The number of hydrogen-bond donors (Lipinski definition) is 2. The Morgan fingerprint density at radius 3 is 2.60 bits per heavy atom. The highest BCUT2D eigenvalue weighted by atomic mass is 16.5. The number of hydrogen-bond acceptors (Lipinski definition) is 4. The minimum absolute atomic E-state index is 0.104. The SMILES string of the molecule is COc1ccc(Cc2c(C)nn(-c3nc4ccccc4[nH]3)c2O)cc1. The van der Waals surface area contributed by atoms with Gasteiger partial charge in [-0.05, 0) is 36.8 Å². The number of aromatic hydroxyl groups is 1. The molecule has 0 unspecified atom stereocenters. The normalized spacial score (nSPS) is 11.1. The van der Waals surface area contributed by atoms with Gasteiger partial charge in [0.05, 0.1) is 23.8 Å². The fourth-order valence-electron chi connectivity index (χ4n) is 2.89. The Labute approximate surface area is 144 Å². The van der Waals surface area contributed by atoms with Crippen LogP contribution in [0.3, 0.4) is 0 Å². The van der Waals surface area contributed by atoms with E-state index in [1.54, 1.807) is 7.11 Å². The van der Waals surface area contributed by atoms with Gasteiger partial charge in [-0.1, -0.05) is 24.3 Å². The zero-order valence-corrected chi connectivity index (χ0v) is 14.0. The van der Waals surface area contributed by atoms with Crippen molar-refractivity contribution in [1.82, 2.24) is 19.7 Å². The minimum Gasteiger partial charge on any atom is -0.497 e. The molecule has 2 aromatic heterocycles. The Balaban J connectivity index is 1.70. The van der Waals surface area contributed by atoms with Gasteiger partial charge in [0.1, 0.15) is 5.75 Å². The standard InChI is InChI=1S/C19H18N4O2/c1-12-15(11-13-7-9-14(25-2)10-8-13)18(24)23(22-12)19-20-16-5-3-4-6-17(16)21-19/h3-10,24H,11H2,1-2H3,(H,20,21). The third kappa shape index (κ3) is 2.71. The van der Waals surface area contributed by atoms with Gasteiger partial charge in [0.2, 0.25) is 11.8 Å². The third-order valence-electron chi connectivity index (χ3n) is 4.27. The van der Waals surface area contributed by atoms with Crippen LogP contribution in [0.1, 0.15) is 16.8 Å². The second kappa shape index (κ2) is 5.98. The summed E-state index contributed by atoms with van der Waals surface area (Å²) in [6.07, 6.45) is 0.585. The van der Waals surface area contributed by atoms with Crippen LogP contribution in [0.2, 0.25) is 0 Å². The molecule has 2 N–H and O–H groups in total. The summed E-state index contributed by atoms with van der Waals surface area (Å²) in [7, 11) is 1.64. The first-order valence-electron chi connectivity index (χ1n) is 8.01. The fraction of sp³-hybridized carbons (Fsp3) is 0.158. The van der Waals surface area contributed by atoms with Gasteiger partial charge < -0.3 is 14.8 Å². The van der Waals surface area contributed by atoms with E-state index in [-0.39, 0.29) is 5.88 Å². The lowest BCUT2D eigenvalue weighted by molar-refractivity contribution is 0.414. The number of para-hydroxylation sites is 2. The van der Waals surface area contributed by atoms with Gasteiger partial charge in [0.15, 0.2) is 0 Å². The molecule has 4 rings (SSSR count). The zero-order valence-electron chi connectivity index (χ0n) is 14.0. The number of methoxy groups -OCH3 is 1. The highest BCUT2D eigenvalue weighted by Gasteiger charge is 2.18. The number of nitrogens with zero attached hydrogens (tertiary/aromatic N) is 3. The van der Waals surface area contributed by atoms with Gasteiger partial charge in [0.25, 0.3) is 0 Å². The molecule has 0 aliphatic rings. The van der Waals surface area contributed by atoms with Crippen LogP contribution in [0.5, 0.6) is 11.6 Å². The molecule has 0 aliphatic carbocycles. The molecule has 2 aromatic carbocycles. The van der Waals surface area contributed by atoms with Gasteiger partial charge in [-0.2, -0.15) is 9.78 Å². The van der Waals surface area contributed by atoms with Crippen LogP contribution in [0.25, 0.3) is 17.0 Å². The molecule has 0 saturated carbocycles. The maximum absolute atomic E-state index is 10.7. The number of benzene rings is 2. The van der Waals surface area contributed by atoms with Gasteiger partial charge in [-0.25, -0.2) is 4.98 Å². The predicted octanol–water partition coefficient (Wildman–Crippen LogP) is 3.36. The van der Waals surface area contributed by atoms with Crippen LogP contribution in [-0.4, -0.2) is 32.0 Å². The van der Waals surface area contributed by atoms with E-state index >= 15 is 0 Å². The number of fused-ring (bicyclic) bond motifs is 1. The van der Waals surface area contributed by atoms with Gasteiger partial charge in [-0.15, -0.1) is 0 Å². The quantitative estimate of drug-likeness (QED) is 0.600. The van der Waals surface area contributed by atoms with Crippen molar-refractivity contribution in [3.63, 3.8) is 0 Å². The second-order valence-electron chi connectivity index (χ2n) is 5.90. The number of ether oxygens (including phenoxy) is 1. The monoisotopic (exact) mass is 334 g/mol. The molecule has 0 spiro atoms. The molecule has 0 radical (unpaired) electrons. The summed E-state index contributed by atoms with van der Waals surface area (Å²) in [5.74, 6) is 1.41. The van der Waals surface area contributed by atoms with E-state index in [1.165, 1.54) is 4.68 Å². The summed E-state index contributed by atoms with van der Waals surface area (Å²) >= 11 is 0. The molecule has 6 nitrogen and oxygen atoms in total. The van der Waals surface area contributed by atoms with Gasteiger partial charge in [0, 0.05) is 12.0 Å². The molecule has 0 amide bonds. The predicted molar refractivity (Wildman–Crippen MR) is 95.4 cm³/mol. The van der Waals surface area contributed by atoms with Crippen LogP contribution >= 0.6 is 0 Å². The van der Waals surface area contributed by atoms with Crippen LogP contribution in [-0.2, 0) is 6.42 Å². The van der Waals surface area contributed by atoms with Crippen molar-refractivity contribution in [2.24, 2.45) is 0 Å². The van der Waals surface area contributed by atoms with Crippen molar-refractivity contribution in [3.05, 3.63) is 65.4 Å². The first-order chi connectivity index (χ1) is 12.2. The van der Waals surface area contributed by atoms with Crippen LogP contribution in [0, 0.1) is 6.92 Å². The lowest BCUT2D eigenvalue weighted by Gasteiger charge is -2.04. The Morgan fingerprint density at radius 1 is 1.12 bits per heavy atom. The first-order valence-corrected chi connectivity index (χ1v) is 8.01. The van der Waals surface area contributed by atoms with Crippen molar-refractivity contribution in [3.8, 4) is 17.6 Å². The molecular formula is C19H18N4O2. The Bertz CT molecular complexity index is 998. The van der Waals surface area contributed by atoms with Crippen molar-refractivity contribution >= 4 is 11.0 Å². The molecule has 6 heteroatoms. The summed E-state index contributed by atoms with van der Waals surface area (Å²) in [6.45, 7) is 1.89. The Kier molecular flexibility index (Phi) is 3.65. The molecular weight excluding hydrogens is 316 g/mol. The molecule has 4 aromatic rings. The molecule has 0 aliphatic heterocycles. The largest absolute Gasteiger partial charge is 0.497 e. The molecule has 0 fully saturated rings. The van der Waals surface area contributed by atoms with Crippen LogP contribution < -0.4 is 4.74 Å². The smallest absolute Gasteiger partial charge is 0.232 e. The minimum atomic E-state index is 0.104. The van der Waals surface area contributed by atoms with E-state index in [1.807, 2.05) is 55.5 Å². The van der Waals surface area contributed by atoms with Crippen LogP contribution in [0.15, 0.2) is 48.5 Å². The van der Waals surface area contributed by atoms with Gasteiger partial charge in [-0.3, -0.25) is 0 Å². The van der Waals surface area contributed by atoms with Crippen molar-refractivity contribution < 1.29 is 9.84 Å². The topological polar surface area (TPSA) is 76.0 Å². The van der Waals surface area contributed by atoms with E-state index in [0.717, 1.165) is 33.6 Å². The summed E-state index contributed by atoms with van der Waals surface area (Å²) < 4.78 is 6.63. The van der Waals surface area contributed by atoms with E-state index in [4.69, 9.17) is 4.74 Å². The van der Waals surface area contributed by atoms with Crippen LogP contribution in [0.4, 0.5) is 0 Å². The van der Waals surface area contributed by atoms with Crippen molar-refractivity contribution in [1.29, 1.82) is 0 Å². The second-order valence-corrected chi connectivity index (χ2v) is 5.90. The average molecular weight is 334 g/mol. The number of aromatic amines is 1. The number of imidazole rings is 1. The van der Waals surface area contributed by atoms with E-state index < -0.39 is 0 Å². The molecule has 0 saturated heterocycles. The zero-order chi connectivity index (χ0) is 17.4. The lowest BCUT2D eigenvalue weighted by atomic mass is 10.1. The molecule has 25 heavy (non-hydrogen) atoms. The molecule has 0 atom stereocenters. The molecule has 2 heterocycles. The maximum Gasteiger partial charge on any atom is 0.232 e. The Hall–Kier alpha value is -3.28. The van der Waals surface area contributed by atoms with Crippen molar-refractivity contribution in [2.45, 2.75) is 13.3 Å². The summed E-state index contributed by atoms with van der Waals surface area (Å²) in [6, 6.07) is 15.5. The van der Waals surface area contributed by atoms with E-state index in [9.17, 15) is 5.11 Å². The lowest BCUT2D eigenvalue weighted by Crippen LogP contribution is -1.98. The third-order valence-corrected chi connectivity index (χ3v) is 4.27.